The zero-order valence-corrected chi connectivity index (χ0v) is 22.6. The first-order chi connectivity index (χ1) is 18.3. The van der Waals surface area contributed by atoms with E-state index in [9.17, 15) is 4.79 Å². The van der Waals surface area contributed by atoms with Crippen LogP contribution in [0.15, 0.2) is 24.4 Å². The molecular formula is C27H35N9O2. The topological polar surface area (TPSA) is 117 Å². The minimum atomic E-state index is -0.272. The van der Waals surface area contributed by atoms with E-state index in [4.69, 9.17) is 19.7 Å². The highest BCUT2D eigenvalue weighted by Crippen LogP contribution is 2.42. The number of benzene rings is 1. The molecule has 6 rings (SSSR count). The lowest BCUT2D eigenvalue weighted by atomic mass is 10.1. The van der Waals surface area contributed by atoms with Crippen molar-refractivity contribution in [3.8, 4) is 0 Å². The summed E-state index contributed by atoms with van der Waals surface area (Å²) in [6, 6.07) is 6.09. The van der Waals surface area contributed by atoms with Gasteiger partial charge in [-0.1, -0.05) is 6.07 Å². The Morgan fingerprint density at radius 3 is 2.63 bits per heavy atom. The molecule has 0 bridgehead atoms. The van der Waals surface area contributed by atoms with Gasteiger partial charge in [0, 0.05) is 18.7 Å². The summed E-state index contributed by atoms with van der Waals surface area (Å²) >= 11 is 0. The Morgan fingerprint density at radius 1 is 1.16 bits per heavy atom. The average molecular weight is 518 g/mol. The molecule has 2 atom stereocenters. The molecule has 2 N–H and O–H groups in total. The highest BCUT2D eigenvalue weighted by molar-refractivity contribution is 5.75. The molecule has 1 saturated heterocycles. The summed E-state index contributed by atoms with van der Waals surface area (Å²) in [4.78, 5) is 34.7. The smallest absolute Gasteiger partial charge is 0.410 e. The number of nitrogens with one attached hydrogen (secondary N) is 2. The van der Waals surface area contributed by atoms with Crippen molar-refractivity contribution in [2.24, 2.45) is 0 Å². The molecule has 2 fully saturated rings. The van der Waals surface area contributed by atoms with E-state index in [0.29, 0.717) is 37.4 Å². The van der Waals surface area contributed by atoms with Crippen molar-refractivity contribution in [1.82, 2.24) is 34.4 Å². The molecule has 38 heavy (non-hydrogen) atoms. The number of carbonyl (C=O) groups excluding carboxylic acids is 1. The van der Waals surface area contributed by atoms with E-state index in [1.807, 2.05) is 44.9 Å². The lowest BCUT2D eigenvalue weighted by Gasteiger charge is -2.43. The molecule has 11 nitrogen and oxygen atoms in total. The number of aryl methyl sites for hydroxylation is 1. The second-order valence-electron chi connectivity index (χ2n) is 11.0. The predicted octanol–water partition coefficient (Wildman–Crippen LogP) is 4.24. The highest BCUT2D eigenvalue weighted by Gasteiger charge is 2.36. The van der Waals surface area contributed by atoms with Gasteiger partial charge < -0.3 is 19.9 Å². The van der Waals surface area contributed by atoms with E-state index in [1.54, 1.807) is 4.52 Å². The molecule has 1 saturated carbocycles. The second kappa shape index (κ2) is 9.45. The predicted molar refractivity (Wildman–Crippen MR) is 146 cm³/mol. The summed E-state index contributed by atoms with van der Waals surface area (Å²) in [5.74, 6) is 2.59. The number of piperazine rings is 1. The van der Waals surface area contributed by atoms with Gasteiger partial charge in [0.05, 0.1) is 42.0 Å². The molecule has 11 heteroatoms. The Balaban J connectivity index is 1.29. The van der Waals surface area contributed by atoms with Crippen molar-refractivity contribution in [2.75, 3.05) is 23.3 Å². The number of fused-ring (bicyclic) bond motifs is 2. The number of H-pyrrole nitrogens is 1. The van der Waals surface area contributed by atoms with Crippen LogP contribution < -0.4 is 10.2 Å². The number of aromatic nitrogens is 6. The van der Waals surface area contributed by atoms with E-state index in [2.05, 4.69) is 39.4 Å². The average Bonchev–Trinajstić information content (AvgIpc) is 3.47. The SMILES string of the molecule is Cc1ccc2nc(CNc3nc(N4C[C@@H](C)N(C(=O)OC(C)C)[C@@H](C)C4)nc4c(C5CC5)cnn34)[nH]c2c1. The van der Waals surface area contributed by atoms with Crippen LogP contribution in [-0.4, -0.2) is 71.8 Å². The summed E-state index contributed by atoms with van der Waals surface area (Å²) in [5.41, 5.74) is 5.14. The number of hydrogen-bond donors (Lipinski definition) is 2. The van der Waals surface area contributed by atoms with Crippen molar-refractivity contribution in [2.45, 2.75) is 78.1 Å². The molecule has 4 aromatic rings. The number of hydrogen-bond acceptors (Lipinski definition) is 8. The Labute approximate surface area is 221 Å². The molecule has 4 heterocycles. The largest absolute Gasteiger partial charge is 0.447 e. The Hall–Kier alpha value is -3.89. The highest BCUT2D eigenvalue weighted by atomic mass is 16.6. The van der Waals surface area contributed by atoms with Gasteiger partial charge in [0.25, 0.3) is 0 Å². The number of rotatable bonds is 6. The van der Waals surface area contributed by atoms with Gasteiger partial charge in [-0.15, -0.1) is 0 Å². The first-order valence-electron chi connectivity index (χ1n) is 13.5. The first kappa shape index (κ1) is 24.4. The fourth-order valence-corrected chi connectivity index (χ4v) is 5.35. The third kappa shape index (κ3) is 4.61. The molecule has 3 aromatic heterocycles. The second-order valence-corrected chi connectivity index (χ2v) is 11.0. The molecule has 0 radical (unpaired) electrons. The molecule has 2 aliphatic rings. The summed E-state index contributed by atoms with van der Waals surface area (Å²) in [6.45, 7) is 11.6. The maximum atomic E-state index is 12.7. The molecule has 200 valence electrons. The Kier molecular flexibility index (Phi) is 6.08. The minimum Gasteiger partial charge on any atom is -0.447 e. The van der Waals surface area contributed by atoms with Gasteiger partial charge in [-0.3, -0.25) is 4.90 Å². The maximum absolute atomic E-state index is 12.7. The third-order valence-corrected chi connectivity index (χ3v) is 7.25. The molecule has 0 unspecified atom stereocenters. The quantitative estimate of drug-likeness (QED) is 0.390. The van der Waals surface area contributed by atoms with E-state index in [1.165, 1.54) is 5.56 Å². The van der Waals surface area contributed by atoms with Crippen molar-refractivity contribution in [3.05, 3.63) is 41.3 Å². The van der Waals surface area contributed by atoms with Crippen molar-refractivity contribution in [3.63, 3.8) is 0 Å². The number of anilines is 2. The number of amides is 1. The van der Waals surface area contributed by atoms with Crippen LogP contribution in [0.4, 0.5) is 16.7 Å². The van der Waals surface area contributed by atoms with Gasteiger partial charge in [-0.2, -0.15) is 19.6 Å². The number of ether oxygens (including phenoxy) is 1. The summed E-state index contributed by atoms with van der Waals surface area (Å²) < 4.78 is 7.29. The summed E-state index contributed by atoms with van der Waals surface area (Å²) in [5, 5.41) is 8.08. The van der Waals surface area contributed by atoms with E-state index in [-0.39, 0.29) is 24.3 Å². The van der Waals surface area contributed by atoms with Gasteiger partial charge in [-0.25, -0.2) is 9.78 Å². The molecule has 1 aromatic carbocycles. The monoisotopic (exact) mass is 517 g/mol. The fourth-order valence-electron chi connectivity index (χ4n) is 5.35. The third-order valence-electron chi connectivity index (χ3n) is 7.25. The van der Waals surface area contributed by atoms with Gasteiger partial charge in [0.1, 0.15) is 5.82 Å². The van der Waals surface area contributed by atoms with Crippen LogP contribution in [0.3, 0.4) is 0 Å². The van der Waals surface area contributed by atoms with Crippen LogP contribution in [-0.2, 0) is 11.3 Å². The van der Waals surface area contributed by atoms with Crippen LogP contribution in [0, 0.1) is 6.92 Å². The zero-order chi connectivity index (χ0) is 26.6. The number of carbonyl (C=O) groups is 1. The van der Waals surface area contributed by atoms with E-state index in [0.717, 1.165) is 40.9 Å². The minimum absolute atomic E-state index is 0.0481. The van der Waals surface area contributed by atoms with Crippen LogP contribution in [0.1, 0.15) is 63.4 Å². The maximum Gasteiger partial charge on any atom is 0.410 e. The van der Waals surface area contributed by atoms with Crippen molar-refractivity contribution < 1.29 is 9.53 Å². The molecule has 1 aliphatic carbocycles. The normalized spacial score (nSPS) is 20.1. The molecule has 1 aliphatic heterocycles. The van der Waals surface area contributed by atoms with Crippen molar-refractivity contribution in [1.29, 1.82) is 0 Å². The van der Waals surface area contributed by atoms with Crippen molar-refractivity contribution >= 4 is 34.7 Å². The summed E-state index contributed by atoms with van der Waals surface area (Å²) in [6.07, 6.45) is 3.81. The van der Waals surface area contributed by atoms with E-state index >= 15 is 0 Å². The molecular weight excluding hydrogens is 482 g/mol. The Morgan fingerprint density at radius 2 is 1.92 bits per heavy atom. The fraction of sp³-hybridized carbons (Fsp3) is 0.519. The number of imidazole rings is 1. The molecule has 1 amide bonds. The lowest BCUT2D eigenvalue weighted by molar-refractivity contribution is 0.0467. The zero-order valence-electron chi connectivity index (χ0n) is 22.6. The van der Waals surface area contributed by atoms with Crippen LogP contribution >= 0.6 is 0 Å². The standard InChI is InChI=1S/C27H35N9O2/c1-15(2)38-27(37)35-17(4)13-34(14-18(35)5)26-32-24-20(19-7-8-19)11-29-36(24)25(33-26)28-12-23-30-21-9-6-16(3)10-22(21)31-23/h6,9-11,15,17-19H,7-8,12-14H2,1-5H3,(H,30,31)(H,28,32,33)/t17-,18+. The van der Waals surface area contributed by atoms with E-state index < -0.39 is 0 Å². The Bertz CT molecular complexity index is 1480. The number of nitrogens with zero attached hydrogens (tertiary/aromatic N) is 7. The van der Waals surface area contributed by atoms with Crippen LogP contribution in [0.25, 0.3) is 16.7 Å². The van der Waals surface area contributed by atoms with Gasteiger partial charge in [-0.05, 0) is 71.1 Å². The van der Waals surface area contributed by atoms with Gasteiger partial charge in [0.15, 0.2) is 5.65 Å². The first-order valence-corrected chi connectivity index (χ1v) is 13.5. The van der Waals surface area contributed by atoms with Gasteiger partial charge in [0.2, 0.25) is 11.9 Å². The van der Waals surface area contributed by atoms with Gasteiger partial charge >= 0.3 is 6.09 Å². The van der Waals surface area contributed by atoms with Crippen LogP contribution in [0.5, 0.6) is 0 Å². The summed E-state index contributed by atoms with van der Waals surface area (Å²) in [7, 11) is 0. The lowest BCUT2D eigenvalue weighted by Crippen LogP contribution is -2.59. The number of aromatic amines is 1. The van der Waals surface area contributed by atoms with Crippen LogP contribution in [0.2, 0.25) is 0 Å². The molecule has 0 spiro atoms.